The van der Waals surface area contributed by atoms with Crippen molar-refractivity contribution in [3.8, 4) is 0 Å². The highest BCUT2D eigenvalue weighted by atomic mass is 32.1. The fraction of sp³-hybridized carbons (Fsp3) is 0.417. The van der Waals surface area contributed by atoms with Crippen molar-refractivity contribution in [3.05, 3.63) is 17.3 Å². The lowest BCUT2D eigenvalue weighted by atomic mass is 10.1. The molecular weight excluding hydrogens is 250 g/mol. The Balaban J connectivity index is 2.67. The molecule has 0 amide bonds. The average molecular weight is 265 g/mol. The van der Waals surface area contributed by atoms with Crippen LogP contribution >= 0.6 is 11.3 Å². The SMILES string of the molecule is CCC(C)N(C)c1c(C(=O)O)cnc2scnc12. The van der Waals surface area contributed by atoms with Gasteiger partial charge in [0.25, 0.3) is 0 Å². The first-order valence-electron chi connectivity index (χ1n) is 5.74. The molecule has 0 aliphatic rings. The van der Waals surface area contributed by atoms with Crippen molar-refractivity contribution in [2.24, 2.45) is 0 Å². The molecule has 1 unspecified atom stereocenters. The minimum atomic E-state index is -0.970. The van der Waals surface area contributed by atoms with Crippen molar-refractivity contribution in [2.75, 3.05) is 11.9 Å². The van der Waals surface area contributed by atoms with Crippen molar-refractivity contribution in [2.45, 2.75) is 26.3 Å². The molecule has 5 nitrogen and oxygen atoms in total. The van der Waals surface area contributed by atoms with E-state index in [4.69, 9.17) is 0 Å². The number of hydrogen-bond acceptors (Lipinski definition) is 5. The van der Waals surface area contributed by atoms with E-state index >= 15 is 0 Å². The number of aromatic carboxylic acids is 1. The van der Waals surface area contributed by atoms with E-state index in [1.54, 1.807) is 5.51 Å². The molecule has 2 heterocycles. The molecule has 0 aliphatic carbocycles. The lowest BCUT2D eigenvalue weighted by molar-refractivity contribution is 0.0697. The quantitative estimate of drug-likeness (QED) is 0.920. The van der Waals surface area contributed by atoms with Crippen LogP contribution in [0.15, 0.2) is 11.7 Å². The monoisotopic (exact) mass is 265 g/mol. The lowest BCUT2D eigenvalue weighted by Crippen LogP contribution is -2.30. The van der Waals surface area contributed by atoms with E-state index in [-0.39, 0.29) is 11.6 Å². The zero-order valence-electron chi connectivity index (χ0n) is 10.5. The summed E-state index contributed by atoms with van der Waals surface area (Å²) in [5, 5.41) is 9.27. The molecule has 2 rings (SSSR count). The number of hydrogen-bond donors (Lipinski definition) is 1. The van der Waals surface area contributed by atoms with Crippen LogP contribution in [0.3, 0.4) is 0 Å². The number of carboxylic acids is 1. The number of nitrogens with zero attached hydrogens (tertiary/aromatic N) is 3. The number of pyridine rings is 1. The van der Waals surface area contributed by atoms with Gasteiger partial charge in [-0.3, -0.25) is 0 Å². The van der Waals surface area contributed by atoms with Crippen molar-refractivity contribution in [1.29, 1.82) is 0 Å². The number of fused-ring (bicyclic) bond motifs is 1. The maximum Gasteiger partial charge on any atom is 0.339 e. The molecule has 96 valence electrons. The maximum absolute atomic E-state index is 11.3. The Morgan fingerprint density at radius 2 is 2.28 bits per heavy atom. The molecule has 0 bridgehead atoms. The van der Waals surface area contributed by atoms with Gasteiger partial charge in [0.2, 0.25) is 0 Å². The van der Waals surface area contributed by atoms with E-state index in [1.807, 2.05) is 11.9 Å². The van der Waals surface area contributed by atoms with Crippen molar-refractivity contribution in [1.82, 2.24) is 9.97 Å². The summed E-state index contributed by atoms with van der Waals surface area (Å²) in [6, 6.07) is 0.246. The maximum atomic E-state index is 11.3. The van der Waals surface area contributed by atoms with E-state index in [0.29, 0.717) is 11.2 Å². The van der Waals surface area contributed by atoms with Crippen molar-refractivity contribution >= 4 is 33.3 Å². The van der Waals surface area contributed by atoms with E-state index in [2.05, 4.69) is 23.8 Å². The van der Waals surface area contributed by atoms with Crippen LogP contribution in [0.1, 0.15) is 30.6 Å². The fourth-order valence-corrected chi connectivity index (χ4v) is 2.45. The Hall–Kier alpha value is -1.69. The molecule has 0 aromatic carbocycles. The molecule has 0 radical (unpaired) electrons. The zero-order chi connectivity index (χ0) is 13.3. The number of carboxylic acid groups (broad SMARTS) is 1. The van der Waals surface area contributed by atoms with Gasteiger partial charge in [-0.2, -0.15) is 0 Å². The van der Waals surface area contributed by atoms with Gasteiger partial charge in [0.1, 0.15) is 15.9 Å². The van der Waals surface area contributed by atoms with Crippen LogP contribution in [0.25, 0.3) is 10.3 Å². The third-order valence-electron chi connectivity index (χ3n) is 3.17. The Bertz CT molecular complexity index is 582. The third-order valence-corrected chi connectivity index (χ3v) is 3.91. The summed E-state index contributed by atoms with van der Waals surface area (Å²) in [7, 11) is 1.90. The van der Waals surface area contributed by atoms with E-state index in [1.165, 1.54) is 17.5 Å². The Labute approximate surface area is 109 Å². The van der Waals surface area contributed by atoms with Crippen LogP contribution < -0.4 is 4.90 Å². The van der Waals surface area contributed by atoms with Gasteiger partial charge >= 0.3 is 5.97 Å². The zero-order valence-corrected chi connectivity index (χ0v) is 11.4. The summed E-state index contributed by atoms with van der Waals surface area (Å²) in [5.74, 6) is -0.970. The molecule has 18 heavy (non-hydrogen) atoms. The predicted octanol–water partition coefficient (Wildman–Crippen LogP) is 2.62. The molecule has 2 aromatic rings. The van der Waals surface area contributed by atoms with Gasteiger partial charge in [0.15, 0.2) is 0 Å². The van der Waals surface area contributed by atoms with Gasteiger partial charge in [0.05, 0.1) is 11.2 Å². The number of aromatic nitrogens is 2. The van der Waals surface area contributed by atoms with Crippen LogP contribution in [0.5, 0.6) is 0 Å². The number of thiazole rings is 1. The Morgan fingerprint density at radius 1 is 1.56 bits per heavy atom. The molecular formula is C12H15N3O2S. The molecule has 0 saturated carbocycles. The standard InChI is InChI=1S/C12H15N3O2S/c1-4-7(2)15(3)10-8(12(16)17)5-13-11-9(10)14-6-18-11/h5-7H,4H2,1-3H3,(H,16,17). The van der Waals surface area contributed by atoms with E-state index < -0.39 is 5.97 Å². The van der Waals surface area contributed by atoms with Crippen LogP contribution in [-0.2, 0) is 0 Å². The van der Waals surface area contributed by atoms with E-state index in [0.717, 1.165) is 11.3 Å². The summed E-state index contributed by atoms with van der Waals surface area (Å²) >= 11 is 1.42. The van der Waals surface area contributed by atoms with Crippen LogP contribution in [-0.4, -0.2) is 34.1 Å². The molecule has 1 atom stereocenters. The first-order chi connectivity index (χ1) is 8.56. The molecule has 1 N–H and O–H groups in total. The second-order valence-corrected chi connectivity index (χ2v) is 5.03. The molecule has 0 spiro atoms. The van der Waals surface area contributed by atoms with Crippen LogP contribution in [0.2, 0.25) is 0 Å². The summed E-state index contributed by atoms with van der Waals surface area (Å²) in [5.41, 5.74) is 3.22. The number of rotatable bonds is 4. The predicted molar refractivity (Wildman–Crippen MR) is 72.5 cm³/mol. The third kappa shape index (κ3) is 2.03. The summed E-state index contributed by atoms with van der Waals surface area (Å²) in [4.78, 5) is 22.4. The normalized spacial score (nSPS) is 12.6. The second-order valence-electron chi connectivity index (χ2n) is 4.20. The highest BCUT2D eigenvalue weighted by molar-refractivity contribution is 7.16. The number of anilines is 1. The van der Waals surface area contributed by atoms with Gasteiger partial charge < -0.3 is 10.0 Å². The molecule has 0 aliphatic heterocycles. The van der Waals surface area contributed by atoms with Gasteiger partial charge in [-0.1, -0.05) is 6.92 Å². The largest absolute Gasteiger partial charge is 0.478 e. The highest BCUT2D eigenvalue weighted by Crippen LogP contribution is 2.31. The minimum Gasteiger partial charge on any atom is -0.478 e. The molecule has 0 fully saturated rings. The topological polar surface area (TPSA) is 66.3 Å². The van der Waals surface area contributed by atoms with Crippen LogP contribution in [0.4, 0.5) is 5.69 Å². The highest BCUT2D eigenvalue weighted by Gasteiger charge is 2.21. The Morgan fingerprint density at radius 3 is 2.89 bits per heavy atom. The van der Waals surface area contributed by atoms with Crippen molar-refractivity contribution in [3.63, 3.8) is 0 Å². The fourth-order valence-electron chi connectivity index (χ4n) is 1.81. The summed E-state index contributed by atoms with van der Waals surface area (Å²) in [6.45, 7) is 4.13. The second kappa shape index (κ2) is 4.89. The van der Waals surface area contributed by atoms with E-state index in [9.17, 15) is 9.90 Å². The summed E-state index contributed by atoms with van der Waals surface area (Å²) < 4.78 is 0. The van der Waals surface area contributed by atoms with Gasteiger partial charge in [0, 0.05) is 19.3 Å². The average Bonchev–Trinajstić information content (AvgIpc) is 2.83. The minimum absolute atomic E-state index is 0.205. The van der Waals surface area contributed by atoms with Gasteiger partial charge in [-0.15, -0.1) is 11.3 Å². The molecule has 0 saturated heterocycles. The van der Waals surface area contributed by atoms with Crippen molar-refractivity contribution < 1.29 is 9.90 Å². The smallest absolute Gasteiger partial charge is 0.339 e. The summed E-state index contributed by atoms with van der Waals surface area (Å²) in [6.07, 6.45) is 2.35. The van der Waals surface area contributed by atoms with Gasteiger partial charge in [-0.25, -0.2) is 14.8 Å². The first-order valence-corrected chi connectivity index (χ1v) is 6.62. The first kappa shape index (κ1) is 12.8. The Kier molecular flexibility index (Phi) is 3.47. The number of carbonyl (C=O) groups is 1. The lowest BCUT2D eigenvalue weighted by Gasteiger charge is -2.27. The van der Waals surface area contributed by atoms with Gasteiger partial charge in [-0.05, 0) is 13.3 Å². The molecule has 2 aromatic heterocycles. The molecule has 6 heteroatoms. The van der Waals surface area contributed by atoms with Crippen LogP contribution in [0, 0.1) is 0 Å².